The highest BCUT2D eigenvalue weighted by Crippen LogP contribution is 2.42. The summed E-state index contributed by atoms with van der Waals surface area (Å²) in [5, 5.41) is 0. The van der Waals surface area contributed by atoms with Crippen LogP contribution in [-0.4, -0.2) is 17.5 Å². The van der Waals surface area contributed by atoms with Crippen molar-refractivity contribution < 1.29 is 14.6 Å². The molecule has 2 bridgehead atoms. The van der Waals surface area contributed by atoms with E-state index in [1.54, 1.807) is 0 Å². The number of carbonyl (C=O) groups excluding carboxylic acids is 1. The van der Waals surface area contributed by atoms with Crippen LogP contribution in [0.3, 0.4) is 0 Å². The fraction of sp³-hybridized carbons (Fsp3) is 0.824. The number of carbonyl (C=O) groups is 1. The lowest BCUT2D eigenvalue weighted by Gasteiger charge is -2.45. The summed E-state index contributed by atoms with van der Waals surface area (Å²) < 4.78 is 0. The second-order valence-corrected chi connectivity index (χ2v) is 6.55. The van der Waals surface area contributed by atoms with Crippen LogP contribution in [0.5, 0.6) is 0 Å². The van der Waals surface area contributed by atoms with Gasteiger partial charge in [0.05, 0.1) is 0 Å². The van der Waals surface area contributed by atoms with Crippen LogP contribution in [0.1, 0.15) is 65.7 Å². The van der Waals surface area contributed by atoms with E-state index < -0.39 is 5.60 Å². The van der Waals surface area contributed by atoms with E-state index in [4.69, 9.17) is 9.78 Å². The van der Waals surface area contributed by atoms with Crippen molar-refractivity contribution in [1.29, 1.82) is 0 Å². The molecule has 0 aromatic heterocycles. The zero-order valence-electron chi connectivity index (χ0n) is 13.1. The molecule has 1 heterocycles. The third-order valence-electron chi connectivity index (χ3n) is 4.86. The first-order valence-corrected chi connectivity index (χ1v) is 8.11. The average Bonchev–Trinajstić information content (AvgIpc) is 2.43. The number of Topliss-reactive ketones (excluding diaryl/α,β-unsaturated/α-hetero) is 1. The molecule has 0 aromatic carbocycles. The van der Waals surface area contributed by atoms with Crippen LogP contribution in [0.25, 0.3) is 0 Å². The van der Waals surface area contributed by atoms with E-state index in [1.807, 2.05) is 13.8 Å². The van der Waals surface area contributed by atoms with E-state index in [1.165, 1.54) is 25.7 Å². The molecule has 2 aliphatic rings. The molecule has 0 aromatic rings. The molecular weight excluding hydrogens is 252 g/mol. The highest BCUT2D eigenvalue weighted by Gasteiger charge is 2.48. The van der Waals surface area contributed by atoms with Gasteiger partial charge >= 0.3 is 0 Å². The average molecular weight is 280 g/mol. The van der Waals surface area contributed by atoms with Gasteiger partial charge in [-0.25, -0.2) is 9.78 Å². The van der Waals surface area contributed by atoms with Crippen molar-refractivity contribution in [3.8, 4) is 0 Å². The van der Waals surface area contributed by atoms with Gasteiger partial charge in [-0.05, 0) is 26.2 Å². The minimum absolute atomic E-state index is 0.0196. The molecule has 114 valence electrons. The maximum Gasteiger partial charge on any atom is 0.138 e. The summed E-state index contributed by atoms with van der Waals surface area (Å²) >= 11 is 0. The molecule has 3 nitrogen and oxygen atoms in total. The van der Waals surface area contributed by atoms with Crippen LogP contribution in [0.4, 0.5) is 0 Å². The third-order valence-corrected chi connectivity index (χ3v) is 4.86. The summed E-state index contributed by atoms with van der Waals surface area (Å²) in [7, 11) is 0. The Hall–Kier alpha value is -0.670. The minimum Gasteiger partial charge on any atom is -0.299 e. The number of ketones is 1. The topological polar surface area (TPSA) is 35.5 Å². The zero-order chi connectivity index (χ0) is 14.6. The fourth-order valence-corrected chi connectivity index (χ4v) is 3.17. The molecule has 1 saturated heterocycles. The van der Waals surface area contributed by atoms with Crippen molar-refractivity contribution in [3.05, 3.63) is 12.2 Å². The van der Waals surface area contributed by atoms with Crippen LogP contribution >= 0.6 is 0 Å². The van der Waals surface area contributed by atoms with E-state index in [0.717, 1.165) is 12.8 Å². The van der Waals surface area contributed by atoms with E-state index in [-0.39, 0.29) is 17.9 Å². The first-order chi connectivity index (χ1) is 9.57. The van der Waals surface area contributed by atoms with Crippen LogP contribution in [-0.2, 0) is 14.6 Å². The Morgan fingerprint density at radius 1 is 1.35 bits per heavy atom. The van der Waals surface area contributed by atoms with Gasteiger partial charge in [-0.2, -0.15) is 0 Å². The molecule has 0 unspecified atom stereocenters. The Balaban J connectivity index is 1.87. The molecule has 2 rings (SSSR count). The lowest BCUT2D eigenvalue weighted by Crippen LogP contribution is -2.52. The zero-order valence-corrected chi connectivity index (χ0v) is 13.1. The SMILES string of the molecule is CCCCCC/C=C/[C@]1(C)OO[C@@H]2C[C@H]1CC(=O)[C@@H]2C. The number of allylic oxidation sites excluding steroid dienone is 1. The normalized spacial score (nSPS) is 37.5. The number of fused-ring (bicyclic) bond motifs is 2. The van der Waals surface area contributed by atoms with Gasteiger partial charge in [-0.1, -0.05) is 45.3 Å². The standard InChI is InChI=1S/C17H28O3/c1-4-5-6-7-8-9-10-17(3)14-11-15(18)13(2)16(12-14)19-20-17/h9-10,13-14,16H,4-8,11-12H2,1-3H3/b10-9+/t13-,14+,16+,17-/m0/s1. The molecule has 0 spiro atoms. The lowest BCUT2D eigenvalue weighted by atomic mass is 9.71. The molecule has 0 radical (unpaired) electrons. The first-order valence-electron chi connectivity index (χ1n) is 8.11. The summed E-state index contributed by atoms with van der Waals surface area (Å²) in [5.41, 5.74) is -0.433. The number of hydrogen-bond acceptors (Lipinski definition) is 3. The molecule has 1 aliphatic heterocycles. The van der Waals surface area contributed by atoms with Crippen molar-refractivity contribution >= 4 is 5.78 Å². The van der Waals surface area contributed by atoms with Crippen LogP contribution in [0.2, 0.25) is 0 Å². The first kappa shape index (κ1) is 15.7. The van der Waals surface area contributed by atoms with E-state index in [2.05, 4.69) is 19.1 Å². The van der Waals surface area contributed by atoms with Crippen LogP contribution in [0.15, 0.2) is 12.2 Å². The molecule has 1 saturated carbocycles. The highest BCUT2D eigenvalue weighted by atomic mass is 17.2. The minimum atomic E-state index is -0.433. The van der Waals surface area contributed by atoms with E-state index in [0.29, 0.717) is 12.2 Å². The number of hydrogen-bond donors (Lipinski definition) is 0. The second kappa shape index (κ2) is 6.86. The van der Waals surface area contributed by atoms with Gasteiger partial charge in [-0.15, -0.1) is 0 Å². The molecule has 0 N–H and O–H groups in total. The maximum absolute atomic E-state index is 12.0. The molecule has 20 heavy (non-hydrogen) atoms. The molecule has 2 fully saturated rings. The van der Waals surface area contributed by atoms with Crippen molar-refractivity contribution in [3.63, 3.8) is 0 Å². The Morgan fingerprint density at radius 2 is 2.15 bits per heavy atom. The predicted molar refractivity (Wildman–Crippen MR) is 79.2 cm³/mol. The van der Waals surface area contributed by atoms with Gasteiger partial charge in [0.1, 0.15) is 17.5 Å². The Morgan fingerprint density at radius 3 is 2.90 bits per heavy atom. The summed E-state index contributed by atoms with van der Waals surface area (Å²) in [6, 6.07) is 0. The van der Waals surface area contributed by atoms with Crippen molar-refractivity contribution in [2.24, 2.45) is 11.8 Å². The molecular formula is C17H28O3. The summed E-state index contributed by atoms with van der Waals surface area (Å²) in [4.78, 5) is 23.1. The third kappa shape index (κ3) is 3.50. The summed E-state index contributed by atoms with van der Waals surface area (Å²) in [6.45, 7) is 6.21. The van der Waals surface area contributed by atoms with Gasteiger partial charge in [-0.3, -0.25) is 4.79 Å². The van der Waals surface area contributed by atoms with Gasteiger partial charge in [0, 0.05) is 18.3 Å². The quantitative estimate of drug-likeness (QED) is 0.415. The fourth-order valence-electron chi connectivity index (χ4n) is 3.17. The maximum atomic E-state index is 12.0. The smallest absolute Gasteiger partial charge is 0.138 e. The van der Waals surface area contributed by atoms with Crippen LogP contribution < -0.4 is 0 Å². The largest absolute Gasteiger partial charge is 0.299 e. The van der Waals surface area contributed by atoms with Crippen molar-refractivity contribution in [1.82, 2.24) is 0 Å². The van der Waals surface area contributed by atoms with E-state index in [9.17, 15) is 4.79 Å². The van der Waals surface area contributed by atoms with Crippen molar-refractivity contribution in [2.45, 2.75) is 77.4 Å². The van der Waals surface area contributed by atoms with Crippen molar-refractivity contribution in [2.75, 3.05) is 0 Å². The molecule has 4 atom stereocenters. The van der Waals surface area contributed by atoms with Gasteiger partial charge in [0.2, 0.25) is 0 Å². The monoisotopic (exact) mass is 280 g/mol. The van der Waals surface area contributed by atoms with Crippen LogP contribution in [0, 0.1) is 11.8 Å². The van der Waals surface area contributed by atoms with Gasteiger partial charge < -0.3 is 0 Å². The summed E-state index contributed by atoms with van der Waals surface area (Å²) in [6.07, 6.45) is 12.0. The molecule has 3 heteroatoms. The lowest BCUT2D eigenvalue weighted by molar-refractivity contribution is -0.415. The second-order valence-electron chi connectivity index (χ2n) is 6.55. The summed E-state index contributed by atoms with van der Waals surface area (Å²) in [5.74, 6) is 0.558. The van der Waals surface area contributed by atoms with Gasteiger partial charge in [0.25, 0.3) is 0 Å². The Bertz CT molecular complexity index is 363. The van der Waals surface area contributed by atoms with Gasteiger partial charge in [0.15, 0.2) is 0 Å². The highest BCUT2D eigenvalue weighted by molar-refractivity contribution is 5.82. The number of rotatable bonds is 6. The molecule has 0 amide bonds. The van der Waals surface area contributed by atoms with E-state index >= 15 is 0 Å². The predicted octanol–water partition coefficient (Wildman–Crippen LogP) is 4.22. The Labute approximate surface area is 122 Å². The molecule has 1 aliphatic carbocycles. The number of unbranched alkanes of at least 4 members (excludes halogenated alkanes) is 4. The Kier molecular flexibility index (Phi) is 5.39.